The van der Waals surface area contributed by atoms with E-state index in [0.29, 0.717) is 19.0 Å². The van der Waals surface area contributed by atoms with E-state index in [1.807, 2.05) is 11.8 Å². The van der Waals surface area contributed by atoms with E-state index < -0.39 is 0 Å². The van der Waals surface area contributed by atoms with Gasteiger partial charge < -0.3 is 20.4 Å². The van der Waals surface area contributed by atoms with Crippen molar-refractivity contribution in [3.05, 3.63) is 0 Å². The minimum absolute atomic E-state index is 0.0525. The molecule has 2 N–H and O–H groups in total. The van der Waals surface area contributed by atoms with Crippen LogP contribution in [0.3, 0.4) is 0 Å². The summed E-state index contributed by atoms with van der Waals surface area (Å²) in [4.78, 5) is 36.2. The van der Waals surface area contributed by atoms with Crippen molar-refractivity contribution in [3.8, 4) is 0 Å². The van der Waals surface area contributed by atoms with E-state index in [4.69, 9.17) is 4.99 Å². The van der Waals surface area contributed by atoms with Crippen molar-refractivity contribution in [2.45, 2.75) is 77.3 Å². The first-order valence-electron chi connectivity index (χ1n) is 12.4. The largest absolute Gasteiger partial charge is 0.357 e. The molecule has 0 spiro atoms. The highest BCUT2D eigenvalue weighted by Crippen LogP contribution is 2.17. The zero-order chi connectivity index (χ0) is 22.1. The van der Waals surface area contributed by atoms with Crippen molar-refractivity contribution in [1.82, 2.24) is 25.3 Å². The second-order valence-corrected chi connectivity index (χ2v) is 9.12. The zero-order valence-corrected chi connectivity index (χ0v) is 19.6. The number of nitrogens with zero attached hydrogens (tertiary/aromatic N) is 4. The molecule has 3 rings (SSSR count). The van der Waals surface area contributed by atoms with Gasteiger partial charge in [0.1, 0.15) is 0 Å². The maximum Gasteiger partial charge on any atom is 0.239 e. The molecular weight excluding hydrogens is 392 g/mol. The van der Waals surface area contributed by atoms with Crippen molar-refractivity contribution >= 4 is 17.8 Å². The van der Waals surface area contributed by atoms with E-state index >= 15 is 0 Å². The van der Waals surface area contributed by atoms with Gasteiger partial charge >= 0.3 is 0 Å². The summed E-state index contributed by atoms with van der Waals surface area (Å²) in [5, 5.41) is 6.54. The van der Waals surface area contributed by atoms with E-state index in [1.54, 1.807) is 0 Å². The average Bonchev–Trinajstić information content (AvgIpc) is 3.33. The van der Waals surface area contributed by atoms with Crippen LogP contribution in [-0.4, -0.2) is 96.9 Å². The number of carbonyl (C=O) groups is 2. The Morgan fingerprint density at radius 1 is 0.935 bits per heavy atom. The van der Waals surface area contributed by atoms with Crippen LogP contribution in [0.15, 0.2) is 4.99 Å². The molecule has 0 aromatic carbocycles. The number of hydrogen-bond acceptors (Lipinski definition) is 4. The van der Waals surface area contributed by atoms with Gasteiger partial charge in [0.25, 0.3) is 0 Å². The quantitative estimate of drug-likeness (QED) is 0.468. The zero-order valence-electron chi connectivity index (χ0n) is 19.6. The van der Waals surface area contributed by atoms with Crippen LogP contribution in [0, 0.1) is 0 Å². The standard InChI is InChI=1S/C23H42N6O2/c1-3-24-23(25-12-11-21(30)26-20-9-5-4-6-10-20)29-17-15-27(16-18-29)19(2)22(31)28-13-7-8-14-28/h19-20H,3-18H2,1-2H3,(H,24,25)(H,26,30). The molecule has 2 heterocycles. The van der Waals surface area contributed by atoms with Gasteiger partial charge in [0.05, 0.1) is 12.6 Å². The normalized spacial score (nSPS) is 22.5. The highest BCUT2D eigenvalue weighted by Gasteiger charge is 2.30. The van der Waals surface area contributed by atoms with E-state index in [0.717, 1.165) is 77.5 Å². The van der Waals surface area contributed by atoms with E-state index in [1.165, 1.54) is 19.3 Å². The second kappa shape index (κ2) is 12.3. The van der Waals surface area contributed by atoms with E-state index in [9.17, 15) is 9.59 Å². The first kappa shape index (κ1) is 23.8. The van der Waals surface area contributed by atoms with Gasteiger partial charge in [-0.25, -0.2) is 0 Å². The Balaban J connectivity index is 1.43. The number of hydrogen-bond donors (Lipinski definition) is 2. The van der Waals surface area contributed by atoms with Crippen LogP contribution < -0.4 is 10.6 Å². The Hall–Kier alpha value is -1.83. The van der Waals surface area contributed by atoms with E-state index in [2.05, 4.69) is 27.4 Å². The summed E-state index contributed by atoms with van der Waals surface area (Å²) in [6.07, 6.45) is 8.67. The van der Waals surface area contributed by atoms with E-state index in [-0.39, 0.29) is 17.9 Å². The van der Waals surface area contributed by atoms with Crippen molar-refractivity contribution < 1.29 is 9.59 Å². The smallest absolute Gasteiger partial charge is 0.239 e. The van der Waals surface area contributed by atoms with Crippen LogP contribution in [0.2, 0.25) is 0 Å². The molecule has 1 unspecified atom stereocenters. The number of guanidine groups is 1. The Morgan fingerprint density at radius 3 is 2.26 bits per heavy atom. The van der Waals surface area contributed by atoms with Gasteiger partial charge in [0.2, 0.25) is 11.8 Å². The van der Waals surface area contributed by atoms with Crippen LogP contribution in [0.25, 0.3) is 0 Å². The van der Waals surface area contributed by atoms with Gasteiger partial charge in [-0.2, -0.15) is 0 Å². The van der Waals surface area contributed by atoms with Gasteiger partial charge in [-0.3, -0.25) is 19.5 Å². The number of likely N-dealkylation sites (tertiary alicyclic amines) is 1. The monoisotopic (exact) mass is 434 g/mol. The lowest BCUT2D eigenvalue weighted by Gasteiger charge is -2.39. The van der Waals surface area contributed by atoms with Crippen molar-refractivity contribution in [2.75, 3.05) is 52.4 Å². The molecule has 2 aliphatic heterocycles. The third-order valence-electron chi connectivity index (χ3n) is 6.84. The number of amides is 2. The number of piperazine rings is 1. The minimum Gasteiger partial charge on any atom is -0.357 e. The fraction of sp³-hybridized carbons (Fsp3) is 0.870. The number of rotatable bonds is 7. The molecule has 2 saturated heterocycles. The summed E-state index contributed by atoms with van der Waals surface area (Å²) in [6, 6.07) is 0.306. The molecule has 8 heteroatoms. The van der Waals surface area contributed by atoms with Crippen molar-refractivity contribution in [2.24, 2.45) is 4.99 Å². The van der Waals surface area contributed by atoms with Crippen LogP contribution >= 0.6 is 0 Å². The van der Waals surface area contributed by atoms with Gasteiger partial charge in [-0.15, -0.1) is 0 Å². The van der Waals surface area contributed by atoms with Crippen LogP contribution in [0.1, 0.15) is 65.2 Å². The van der Waals surface area contributed by atoms with Crippen LogP contribution in [0.4, 0.5) is 0 Å². The molecule has 1 atom stereocenters. The lowest BCUT2D eigenvalue weighted by molar-refractivity contribution is -0.135. The van der Waals surface area contributed by atoms with Gasteiger partial charge in [-0.05, 0) is 39.5 Å². The van der Waals surface area contributed by atoms with Gasteiger partial charge in [-0.1, -0.05) is 19.3 Å². The molecule has 0 aromatic heterocycles. The molecule has 2 amide bonds. The SMILES string of the molecule is CCNC(=NCCC(=O)NC1CCCCC1)N1CCN(C(C)C(=O)N2CCCC2)CC1. The maximum absolute atomic E-state index is 12.7. The molecule has 31 heavy (non-hydrogen) atoms. The minimum atomic E-state index is -0.0525. The van der Waals surface area contributed by atoms with Gasteiger partial charge in [0.15, 0.2) is 5.96 Å². The predicted octanol–water partition coefficient (Wildman–Crippen LogP) is 1.42. The summed E-state index contributed by atoms with van der Waals surface area (Å²) in [5.41, 5.74) is 0. The fourth-order valence-electron chi connectivity index (χ4n) is 4.91. The second-order valence-electron chi connectivity index (χ2n) is 9.12. The molecule has 0 bridgehead atoms. The molecule has 3 aliphatic rings. The third kappa shape index (κ3) is 7.09. The Labute approximate surface area is 187 Å². The van der Waals surface area contributed by atoms with Crippen LogP contribution in [0.5, 0.6) is 0 Å². The summed E-state index contributed by atoms with van der Waals surface area (Å²) >= 11 is 0. The molecule has 0 radical (unpaired) electrons. The first-order chi connectivity index (χ1) is 15.1. The summed E-state index contributed by atoms with van der Waals surface area (Å²) in [6.45, 7) is 10.6. The van der Waals surface area contributed by atoms with Crippen LogP contribution in [-0.2, 0) is 9.59 Å². The highest BCUT2D eigenvalue weighted by atomic mass is 16.2. The fourth-order valence-corrected chi connectivity index (χ4v) is 4.91. The molecule has 176 valence electrons. The first-order valence-corrected chi connectivity index (χ1v) is 12.4. The Morgan fingerprint density at radius 2 is 1.61 bits per heavy atom. The summed E-state index contributed by atoms with van der Waals surface area (Å²) in [5.74, 6) is 1.27. The lowest BCUT2D eigenvalue weighted by Crippen LogP contribution is -2.57. The van der Waals surface area contributed by atoms with Gasteiger partial charge in [0, 0.05) is 58.3 Å². The number of aliphatic imine (C=N–C) groups is 1. The molecule has 0 aromatic rings. The number of carbonyl (C=O) groups excluding carboxylic acids is 2. The lowest BCUT2D eigenvalue weighted by atomic mass is 9.95. The topological polar surface area (TPSA) is 80.3 Å². The van der Waals surface area contributed by atoms with Crippen molar-refractivity contribution in [3.63, 3.8) is 0 Å². The summed E-state index contributed by atoms with van der Waals surface area (Å²) < 4.78 is 0. The third-order valence-corrected chi connectivity index (χ3v) is 6.84. The molecule has 1 saturated carbocycles. The predicted molar refractivity (Wildman–Crippen MR) is 124 cm³/mol. The number of nitrogens with one attached hydrogen (secondary N) is 2. The molecule has 3 fully saturated rings. The Bertz CT molecular complexity index is 605. The molecule has 8 nitrogen and oxygen atoms in total. The van der Waals surface area contributed by atoms with Crippen molar-refractivity contribution in [1.29, 1.82) is 0 Å². The summed E-state index contributed by atoms with van der Waals surface area (Å²) in [7, 11) is 0. The average molecular weight is 435 g/mol. The Kier molecular flexibility index (Phi) is 9.43. The molecular formula is C23H42N6O2. The highest BCUT2D eigenvalue weighted by molar-refractivity contribution is 5.82. The maximum atomic E-state index is 12.7. The molecule has 1 aliphatic carbocycles.